The molecule has 1 saturated heterocycles. The number of benzene rings is 1. The van der Waals surface area contributed by atoms with Crippen molar-refractivity contribution < 1.29 is 19.1 Å². The maximum atomic E-state index is 11.9. The summed E-state index contributed by atoms with van der Waals surface area (Å²) in [5, 5.41) is 0. The van der Waals surface area contributed by atoms with E-state index in [1.54, 1.807) is 6.92 Å². The van der Waals surface area contributed by atoms with Crippen LogP contribution in [0.25, 0.3) is 0 Å². The van der Waals surface area contributed by atoms with Gasteiger partial charge in [0, 0.05) is 6.61 Å². The third-order valence-electron chi connectivity index (χ3n) is 2.97. The number of imide groups is 1. The molecule has 0 aromatic heterocycles. The Hall–Kier alpha value is -1.88. The Kier molecular flexibility index (Phi) is 4.52. The standard InChI is InChI=1S/C14H17NO4/c1-2-18-10-13(16)15-12(9-19-14(15)17)8-11-6-4-3-5-7-11/h3-7,12H,2,8-10H2,1H3. The summed E-state index contributed by atoms with van der Waals surface area (Å²) in [6.07, 6.45) is 0.0235. The first-order chi connectivity index (χ1) is 9.22. The molecule has 1 fully saturated rings. The van der Waals surface area contributed by atoms with Crippen LogP contribution in [-0.2, 0) is 20.7 Å². The zero-order valence-corrected chi connectivity index (χ0v) is 10.9. The summed E-state index contributed by atoms with van der Waals surface area (Å²) in [6, 6.07) is 9.47. The van der Waals surface area contributed by atoms with Crippen molar-refractivity contribution in [3.63, 3.8) is 0 Å². The minimum atomic E-state index is -0.578. The molecule has 1 aliphatic rings. The summed E-state index contributed by atoms with van der Waals surface area (Å²) in [5.74, 6) is -0.342. The van der Waals surface area contributed by atoms with Gasteiger partial charge in [-0.25, -0.2) is 9.69 Å². The van der Waals surface area contributed by atoms with Gasteiger partial charge in [-0.05, 0) is 18.9 Å². The highest BCUT2D eigenvalue weighted by Crippen LogP contribution is 2.17. The van der Waals surface area contributed by atoms with E-state index in [1.807, 2.05) is 30.3 Å². The molecule has 0 N–H and O–H groups in total. The molecule has 2 rings (SSSR count). The van der Waals surface area contributed by atoms with Crippen LogP contribution in [0.3, 0.4) is 0 Å². The molecule has 0 aliphatic carbocycles. The molecule has 2 amide bonds. The molecule has 1 aromatic rings. The molecule has 5 nitrogen and oxygen atoms in total. The topological polar surface area (TPSA) is 55.8 Å². The zero-order chi connectivity index (χ0) is 13.7. The number of ether oxygens (including phenoxy) is 2. The van der Waals surface area contributed by atoms with Gasteiger partial charge in [0.15, 0.2) is 0 Å². The molecule has 1 aliphatic heterocycles. The quantitative estimate of drug-likeness (QED) is 0.810. The highest BCUT2D eigenvalue weighted by molar-refractivity contribution is 5.94. The maximum absolute atomic E-state index is 11.9. The Bertz CT molecular complexity index is 446. The first-order valence-corrected chi connectivity index (χ1v) is 6.33. The van der Waals surface area contributed by atoms with E-state index in [2.05, 4.69) is 0 Å². The van der Waals surface area contributed by atoms with Crippen LogP contribution >= 0.6 is 0 Å². The van der Waals surface area contributed by atoms with Gasteiger partial charge < -0.3 is 9.47 Å². The molecule has 1 aromatic carbocycles. The van der Waals surface area contributed by atoms with Gasteiger partial charge in [-0.2, -0.15) is 0 Å². The van der Waals surface area contributed by atoms with Gasteiger partial charge in [-0.15, -0.1) is 0 Å². The number of hydrogen-bond donors (Lipinski definition) is 0. The number of carbonyl (C=O) groups excluding carboxylic acids is 2. The van der Waals surface area contributed by atoms with Gasteiger partial charge in [0.25, 0.3) is 5.91 Å². The lowest BCUT2D eigenvalue weighted by Crippen LogP contribution is -2.42. The Morgan fingerprint density at radius 2 is 2.16 bits per heavy atom. The predicted octanol–water partition coefficient (Wildman–Crippen LogP) is 1.61. The van der Waals surface area contributed by atoms with Gasteiger partial charge in [-0.3, -0.25) is 4.79 Å². The normalized spacial score (nSPS) is 18.5. The molecule has 0 radical (unpaired) electrons. The first kappa shape index (κ1) is 13.5. The Balaban J connectivity index is 2.03. The summed E-state index contributed by atoms with van der Waals surface area (Å²) >= 11 is 0. The summed E-state index contributed by atoms with van der Waals surface area (Å²) in [5.41, 5.74) is 1.07. The number of carbonyl (C=O) groups is 2. The molecule has 1 heterocycles. The third-order valence-corrected chi connectivity index (χ3v) is 2.97. The van der Waals surface area contributed by atoms with E-state index < -0.39 is 6.09 Å². The van der Waals surface area contributed by atoms with Crippen molar-refractivity contribution in [2.75, 3.05) is 19.8 Å². The second-order valence-corrected chi connectivity index (χ2v) is 4.32. The fourth-order valence-corrected chi connectivity index (χ4v) is 2.06. The van der Waals surface area contributed by atoms with Crippen molar-refractivity contribution in [2.24, 2.45) is 0 Å². The SMILES string of the molecule is CCOCC(=O)N1C(=O)OCC1Cc1ccccc1. The Labute approximate surface area is 112 Å². The van der Waals surface area contributed by atoms with Gasteiger partial charge in [0.05, 0.1) is 6.04 Å². The molecule has 19 heavy (non-hydrogen) atoms. The molecule has 0 spiro atoms. The number of cyclic esters (lactones) is 1. The predicted molar refractivity (Wildman–Crippen MR) is 68.6 cm³/mol. The third kappa shape index (κ3) is 3.32. The number of nitrogens with zero attached hydrogens (tertiary/aromatic N) is 1. The monoisotopic (exact) mass is 263 g/mol. The van der Waals surface area contributed by atoms with Crippen molar-refractivity contribution in [3.05, 3.63) is 35.9 Å². The van der Waals surface area contributed by atoms with Crippen LogP contribution < -0.4 is 0 Å². The van der Waals surface area contributed by atoms with Crippen LogP contribution in [0, 0.1) is 0 Å². The fraction of sp³-hybridized carbons (Fsp3) is 0.429. The van der Waals surface area contributed by atoms with Crippen molar-refractivity contribution in [1.82, 2.24) is 4.90 Å². The second kappa shape index (κ2) is 6.33. The van der Waals surface area contributed by atoms with E-state index in [4.69, 9.17) is 9.47 Å². The van der Waals surface area contributed by atoms with E-state index in [0.29, 0.717) is 13.0 Å². The Morgan fingerprint density at radius 3 is 2.84 bits per heavy atom. The van der Waals surface area contributed by atoms with Gasteiger partial charge >= 0.3 is 6.09 Å². The van der Waals surface area contributed by atoms with Crippen LogP contribution in [0.15, 0.2) is 30.3 Å². The van der Waals surface area contributed by atoms with Crippen LogP contribution in [0.2, 0.25) is 0 Å². The van der Waals surface area contributed by atoms with E-state index in [1.165, 1.54) is 4.90 Å². The zero-order valence-electron chi connectivity index (χ0n) is 10.9. The van der Waals surface area contributed by atoms with E-state index in [-0.39, 0.29) is 25.2 Å². The molecule has 0 bridgehead atoms. The summed E-state index contributed by atoms with van der Waals surface area (Å²) in [6.45, 7) is 2.40. The Morgan fingerprint density at radius 1 is 1.42 bits per heavy atom. The van der Waals surface area contributed by atoms with E-state index >= 15 is 0 Å². The highest BCUT2D eigenvalue weighted by atomic mass is 16.6. The fourth-order valence-electron chi connectivity index (χ4n) is 2.06. The molecule has 5 heteroatoms. The molecule has 102 valence electrons. The number of amides is 2. The second-order valence-electron chi connectivity index (χ2n) is 4.32. The lowest BCUT2D eigenvalue weighted by Gasteiger charge is -2.19. The maximum Gasteiger partial charge on any atom is 0.417 e. The largest absolute Gasteiger partial charge is 0.447 e. The van der Waals surface area contributed by atoms with Crippen molar-refractivity contribution in [1.29, 1.82) is 0 Å². The molecule has 0 saturated carbocycles. The van der Waals surface area contributed by atoms with Crippen LogP contribution in [-0.4, -0.2) is 42.8 Å². The minimum absolute atomic E-state index is 0.0864. The lowest BCUT2D eigenvalue weighted by atomic mass is 10.1. The summed E-state index contributed by atoms with van der Waals surface area (Å²) in [7, 11) is 0. The average Bonchev–Trinajstić information content (AvgIpc) is 2.78. The molecular weight excluding hydrogens is 246 g/mol. The first-order valence-electron chi connectivity index (χ1n) is 6.33. The van der Waals surface area contributed by atoms with Crippen molar-refractivity contribution >= 4 is 12.0 Å². The van der Waals surface area contributed by atoms with Crippen LogP contribution in [0.1, 0.15) is 12.5 Å². The average molecular weight is 263 g/mol. The van der Waals surface area contributed by atoms with E-state index in [9.17, 15) is 9.59 Å². The van der Waals surface area contributed by atoms with Crippen LogP contribution in [0.4, 0.5) is 4.79 Å². The minimum Gasteiger partial charge on any atom is -0.447 e. The summed E-state index contributed by atoms with van der Waals surface area (Å²) in [4.78, 5) is 24.7. The smallest absolute Gasteiger partial charge is 0.417 e. The number of hydrogen-bond acceptors (Lipinski definition) is 4. The van der Waals surface area contributed by atoms with E-state index in [0.717, 1.165) is 5.56 Å². The number of rotatable bonds is 5. The van der Waals surface area contributed by atoms with Crippen molar-refractivity contribution in [3.8, 4) is 0 Å². The van der Waals surface area contributed by atoms with Gasteiger partial charge in [0.1, 0.15) is 13.2 Å². The summed E-state index contributed by atoms with van der Waals surface area (Å²) < 4.78 is 10.0. The van der Waals surface area contributed by atoms with Crippen molar-refractivity contribution in [2.45, 2.75) is 19.4 Å². The van der Waals surface area contributed by atoms with Crippen LogP contribution in [0.5, 0.6) is 0 Å². The molecule has 1 unspecified atom stereocenters. The highest BCUT2D eigenvalue weighted by Gasteiger charge is 2.37. The lowest BCUT2D eigenvalue weighted by molar-refractivity contribution is -0.133. The van der Waals surface area contributed by atoms with Gasteiger partial charge in [0.2, 0.25) is 0 Å². The van der Waals surface area contributed by atoms with Gasteiger partial charge in [-0.1, -0.05) is 30.3 Å². The molecule has 1 atom stereocenters. The molecular formula is C14H17NO4.